The molecular weight excluding hydrogens is 166 g/mol. The number of allylic oxidation sites excluding steroid dienone is 3. The number of carbonyl (C=O) groups excluding carboxylic acids is 1. The Balaban J connectivity index is 3.11. The Morgan fingerprint density at radius 3 is 2.46 bits per heavy atom. The molecule has 0 fully saturated rings. The van der Waals surface area contributed by atoms with E-state index < -0.39 is 0 Å². The predicted octanol–water partition coefficient (Wildman–Crippen LogP) is 0.930. The maximum absolute atomic E-state index is 11.6. The zero-order valence-electron chi connectivity index (χ0n) is 8.31. The van der Waals surface area contributed by atoms with Crippen LogP contribution in [0.1, 0.15) is 33.6 Å². The first-order valence-corrected chi connectivity index (χ1v) is 4.61. The first-order chi connectivity index (χ1) is 6.11. The lowest BCUT2D eigenvalue weighted by Gasteiger charge is -2.26. The standard InChI is InChI=1S/C10H15NO2/c1-4-8-9(5-2)11(13)6-7(3)10(8)12/h6,11H,4-5H2,1-3H3. The van der Waals surface area contributed by atoms with Crippen molar-refractivity contribution in [3.8, 4) is 0 Å². The van der Waals surface area contributed by atoms with Crippen molar-refractivity contribution in [3.63, 3.8) is 0 Å². The van der Waals surface area contributed by atoms with Gasteiger partial charge in [0.15, 0.2) is 5.78 Å². The molecule has 72 valence electrons. The van der Waals surface area contributed by atoms with Crippen molar-refractivity contribution < 1.29 is 9.86 Å². The molecule has 0 spiro atoms. The molecule has 0 bridgehead atoms. The number of quaternary nitrogens is 1. The van der Waals surface area contributed by atoms with Gasteiger partial charge in [0.1, 0.15) is 11.9 Å². The highest BCUT2D eigenvalue weighted by atomic mass is 16.5. The molecule has 1 aliphatic rings. The summed E-state index contributed by atoms with van der Waals surface area (Å²) < 4.78 is 0. The van der Waals surface area contributed by atoms with E-state index in [1.54, 1.807) is 6.92 Å². The van der Waals surface area contributed by atoms with Gasteiger partial charge in [-0.1, -0.05) is 13.8 Å². The average molecular weight is 181 g/mol. The van der Waals surface area contributed by atoms with Crippen LogP contribution >= 0.6 is 0 Å². The van der Waals surface area contributed by atoms with Crippen LogP contribution in [0.2, 0.25) is 0 Å². The zero-order chi connectivity index (χ0) is 10.0. The normalized spacial score (nSPS) is 23.5. The van der Waals surface area contributed by atoms with Crippen LogP contribution in [0.25, 0.3) is 0 Å². The number of rotatable bonds is 2. The topological polar surface area (TPSA) is 44.6 Å². The fourth-order valence-electron chi connectivity index (χ4n) is 1.63. The van der Waals surface area contributed by atoms with Crippen LogP contribution in [0.3, 0.4) is 0 Å². The van der Waals surface area contributed by atoms with Gasteiger partial charge in [0.05, 0.1) is 11.1 Å². The first kappa shape index (κ1) is 10.2. The van der Waals surface area contributed by atoms with Gasteiger partial charge in [0.25, 0.3) is 0 Å². The van der Waals surface area contributed by atoms with Gasteiger partial charge in [-0.05, 0) is 13.3 Å². The highest BCUT2D eigenvalue weighted by Gasteiger charge is 2.23. The molecule has 1 N–H and O–H groups in total. The monoisotopic (exact) mass is 181 g/mol. The molecule has 13 heavy (non-hydrogen) atoms. The van der Waals surface area contributed by atoms with Gasteiger partial charge in [0.2, 0.25) is 0 Å². The molecule has 1 aliphatic heterocycles. The van der Waals surface area contributed by atoms with Gasteiger partial charge in [-0.15, -0.1) is 0 Å². The van der Waals surface area contributed by atoms with Gasteiger partial charge in [-0.2, -0.15) is 0 Å². The summed E-state index contributed by atoms with van der Waals surface area (Å²) in [5, 5.41) is 11.5. The molecule has 1 atom stereocenters. The number of hydrogen-bond acceptors (Lipinski definition) is 2. The number of Topliss-reactive ketones (excluding diaryl/α,β-unsaturated/α-hetero) is 1. The summed E-state index contributed by atoms with van der Waals surface area (Å²) in [7, 11) is 0. The molecule has 0 saturated heterocycles. The molecule has 0 aromatic carbocycles. The lowest BCUT2D eigenvalue weighted by atomic mass is 9.97. The summed E-state index contributed by atoms with van der Waals surface area (Å²) in [6.07, 6.45) is 2.75. The molecule has 1 unspecified atom stereocenters. The van der Waals surface area contributed by atoms with Gasteiger partial charge < -0.3 is 10.3 Å². The SMILES string of the molecule is CCC1=C(CC)[NH+]([O-])C=C(C)C1=O. The molecule has 0 aromatic heterocycles. The summed E-state index contributed by atoms with van der Waals surface area (Å²) in [5.41, 5.74) is 1.96. The summed E-state index contributed by atoms with van der Waals surface area (Å²) in [5.74, 6) is 0.0407. The summed E-state index contributed by atoms with van der Waals surface area (Å²) in [4.78, 5) is 11.6. The van der Waals surface area contributed by atoms with E-state index in [9.17, 15) is 10.0 Å². The molecule has 1 rings (SSSR count). The Labute approximate surface area is 78.3 Å². The summed E-state index contributed by atoms with van der Waals surface area (Å²) in [6, 6.07) is 0. The lowest BCUT2D eigenvalue weighted by molar-refractivity contribution is -0.749. The average Bonchev–Trinajstić information content (AvgIpc) is 2.10. The van der Waals surface area contributed by atoms with Gasteiger partial charge in [-0.25, -0.2) is 0 Å². The first-order valence-electron chi connectivity index (χ1n) is 4.61. The molecule has 0 aliphatic carbocycles. The minimum atomic E-state index is 0.0106. The Kier molecular flexibility index (Phi) is 3.01. The summed E-state index contributed by atoms with van der Waals surface area (Å²) in [6.45, 7) is 5.52. The van der Waals surface area contributed by atoms with E-state index in [4.69, 9.17) is 0 Å². The third-order valence-electron chi connectivity index (χ3n) is 2.35. The largest absolute Gasteiger partial charge is 0.624 e. The number of carbonyl (C=O) groups is 1. The van der Waals surface area contributed by atoms with E-state index in [1.165, 1.54) is 6.20 Å². The van der Waals surface area contributed by atoms with Crippen molar-refractivity contribution in [2.24, 2.45) is 0 Å². The minimum absolute atomic E-state index is 0.0106. The molecule has 0 aromatic rings. The van der Waals surface area contributed by atoms with Gasteiger partial charge in [0, 0.05) is 6.42 Å². The third kappa shape index (κ3) is 1.71. The van der Waals surface area contributed by atoms with Crippen LogP contribution in [0.15, 0.2) is 23.0 Å². The predicted molar refractivity (Wildman–Crippen MR) is 50.7 cm³/mol. The maximum Gasteiger partial charge on any atom is 0.195 e. The molecule has 0 radical (unpaired) electrons. The molecule has 0 saturated carbocycles. The second-order valence-corrected chi connectivity index (χ2v) is 3.18. The second kappa shape index (κ2) is 3.85. The van der Waals surface area contributed by atoms with Crippen molar-refractivity contribution in [3.05, 3.63) is 28.3 Å². The van der Waals surface area contributed by atoms with E-state index in [0.717, 1.165) is 0 Å². The van der Waals surface area contributed by atoms with E-state index in [1.807, 2.05) is 13.8 Å². The van der Waals surface area contributed by atoms with E-state index in [-0.39, 0.29) is 10.8 Å². The van der Waals surface area contributed by atoms with Crippen LogP contribution in [-0.4, -0.2) is 5.78 Å². The maximum atomic E-state index is 11.6. The van der Waals surface area contributed by atoms with Crippen LogP contribution in [0, 0.1) is 5.21 Å². The Morgan fingerprint density at radius 1 is 1.38 bits per heavy atom. The van der Waals surface area contributed by atoms with E-state index in [0.29, 0.717) is 29.7 Å². The quantitative estimate of drug-likeness (QED) is 0.644. The molecule has 1 heterocycles. The number of nitrogens with one attached hydrogen (secondary N) is 1. The van der Waals surface area contributed by atoms with Crippen LogP contribution < -0.4 is 5.06 Å². The van der Waals surface area contributed by atoms with Crippen molar-refractivity contribution >= 4 is 5.78 Å². The number of hydroxylamine groups is 2. The van der Waals surface area contributed by atoms with Crippen LogP contribution in [0.5, 0.6) is 0 Å². The Bertz CT molecular complexity index is 289. The molecular formula is C10H15NO2. The fraction of sp³-hybridized carbons (Fsp3) is 0.500. The van der Waals surface area contributed by atoms with Crippen molar-refractivity contribution in [2.75, 3.05) is 0 Å². The van der Waals surface area contributed by atoms with Crippen LogP contribution in [-0.2, 0) is 4.79 Å². The van der Waals surface area contributed by atoms with Crippen LogP contribution in [0.4, 0.5) is 0 Å². The number of hydrogen-bond donors (Lipinski definition) is 1. The molecule has 3 nitrogen and oxygen atoms in total. The Morgan fingerprint density at radius 2 is 2.00 bits per heavy atom. The lowest BCUT2D eigenvalue weighted by Crippen LogP contribution is -3.01. The van der Waals surface area contributed by atoms with Gasteiger partial charge >= 0.3 is 0 Å². The fourth-order valence-corrected chi connectivity index (χ4v) is 1.63. The third-order valence-corrected chi connectivity index (χ3v) is 2.35. The second-order valence-electron chi connectivity index (χ2n) is 3.18. The van der Waals surface area contributed by atoms with E-state index in [2.05, 4.69) is 0 Å². The Hall–Kier alpha value is -0.930. The highest BCUT2D eigenvalue weighted by molar-refractivity contribution is 6.08. The van der Waals surface area contributed by atoms with Gasteiger partial charge in [-0.3, -0.25) is 4.79 Å². The summed E-state index contributed by atoms with van der Waals surface area (Å²) >= 11 is 0. The van der Waals surface area contributed by atoms with Crippen molar-refractivity contribution in [1.82, 2.24) is 0 Å². The van der Waals surface area contributed by atoms with Crippen molar-refractivity contribution in [1.29, 1.82) is 0 Å². The highest BCUT2D eigenvalue weighted by Crippen LogP contribution is 2.16. The minimum Gasteiger partial charge on any atom is -0.624 e. The molecule has 3 heteroatoms. The van der Waals surface area contributed by atoms with E-state index >= 15 is 0 Å². The smallest absolute Gasteiger partial charge is 0.195 e. The van der Waals surface area contributed by atoms with Crippen molar-refractivity contribution in [2.45, 2.75) is 33.6 Å². The number of ketones is 1. The molecule has 0 amide bonds. The zero-order valence-corrected chi connectivity index (χ0v) is 8.31.